The number of hydrogen-bond acceptors (Lipinski definition) is 5. The van der Waals surface area contributed by atoms with E-state index in [9.17, 15) is 14.4 Å². The van der Waals surface area contributed by atoms with Crippen LogP contribution in [0.5, 0.6) is 0 Å². The number of fused-ring (bicyclic) bond motifs is 5. The van der Waals surface area contributed by atoms with Gasteiger partial charge in [-0.15, -0.1) is 6.42 Å². The van der Waals surface area contributed by atoms with E-state index in [-0.39, 0.29) is 11.2 Å². The lowest BCUT2D eigenvalue weighted by Crippen LogP contribution is -2.54. The standard InChI is InChI=1S/C25H32O5/c1-5-25(21(22(27)29-3)23(28)30-4)13-11-20-19-8-6-15-14-16(26)7-9-17(15)18(19)10-12-24(20,25)2/h1,14,17-21H,6-13H2,2-4H3/t17?,18?,19?,20?,24-,25?/m0/s1. The zero-order chi connectivity index (χ0) is 21.7. The fourth-order valence-electron chi connectivity index (χ4n) is 7.78. The molecule has 0 aromatic carbocycles. The largest absolute Gasteiger partial charge is 0.468 e. The van der Waals surface area contributed by atoms with Gasteiger partial charge in [-0.2, -0.15) is 0 Å². The van der Waals surface area contributed by atoms with Crippen LogP contribution in [-0.2, 0) is 23.9 Å². The monoisotopic (exact) mass is 412 g/mol. The molecule has 0 spiro atoms. The van der Waals surface area contributed by atoms with Crippen molar-refractivity contribution < 1.29 is 23.9 Å². The van der Waals surface area contributed by atoms with Gasteiger partial charge >= 0.3 is 11.9 Å². The molecule has 162 valence electrons. The Bertz CT molecular complexity index is 819. The molecule has 0 heterocycles. The molecule has 30 heavy (non-hydrogen) atoms. The molecular weight excluding hydrogens is 380 g/mol. The summed E-state index contributed by atoms with van der Waals surface area (Å²) in [7, 11) is 2.60. The summed E-state index contributed by atoms with van der Waals surface area (Å²) in [4.78, 5) is 37.4. The molecule has 6 atom stereocenters. The maximum absolute atomic E-state index is 12.7. The molecule has 4 aliphatic rings. The summed E-state index contributed by atoms with van der Waals surface area (Å²) in [5, 5.41) is 0. The van der Waals surface area contributed by atoms with Crippen LogP contribution in [0.4, 0.5) is 0 Å². The summed E-state index contributed by atoms with van der Waals surface area (Å²) in [5.74, 6) is 2.90. The van der Waals surface area contributed by atoms with Gasteiger partial charge in [-0.3, -0.25) is 14.4 Å². The van der Waals surface area contributed by atoms with Gasteiger partial charge in [0.05, 0.1) is 19.6 Å². The van der Waals surface area contributed by atoms with Crippen molar-refractivity contribution in [3.8, 4) is 12.3 Å². The van der Waals surface area contributed by atoms with Crippen molar-refractivity contribution in [2.45, 2.75) is 58.3 Å². The predicted molar refractivity (Wildman–Crippen MR) is 111 cm³/mol. The van der Waals surface area contributed by atoms with Gasteiger partial charge in [0, 0.05) is 6.42 Å². The maximum atomic E-state index is 12.7. The summed E-state index contributed by atoms with van der Waals surface area (Å²) in [5.41, 5.74) is 0.141. The van der Waals surface area contributed by atoms with Crippen molar-refractivity contribution in [3.05, 3.63) is 11.6 Å². The Labute approximate surface area is 178 Å². The van der Waals surface area contributed by atoms with Gasteiger partial charge in [0.1, 0.15) is 0 Å². The number of carbonyl (C=O) groups excluding carboxylic acids is 3. The maximum Gasteiger partial charge on any atom is 0.321 e. The normalized spacial score (nSPS) is 39.8. The molecule has 0 aliphatic heterocycles. The average molecular weight is 413 g/mol. The Morgan fingerprint density at radius 3 is 2.40 bits per heavy atom. The molecule has 5 nitrogen and oxygen atoms in total. The fourth-order valence-corrected chi connectivity index (χ4v) is 7.78. The fraction of sp³-hybridized carbons (Fsp3) is 0.720. The van der Waals surface area contributed by atoms with Gasteiger partial charge in [-0.25, -0.2) is 0 Å². The van der Waals surface area contributed by atoms with E-state index in [1.807, 2.05) is 6.08 Å². The lowest BCUT2D eigenvalue weighted by molar-refractivity contribution is -0.170. The minimum Gasteiger partial charge on any atom is -0.468 e. The average Bonchev–Trinajstić information content (AvgIpc) is 3.06. The van der Waals surface area contributed by atoms with E-state index in [1.54, 1.807) is 0 Å². The summed E-state index contributed by atoms with van der Waals surface area (Å²) in [6.07, 6.45) is 15.1. The van der Waals surface area contributed by atoms with Crippen LogP contribution in [0.3, 0.4) is 0 Å². The van der Waals surface area contributed by atoms with Crippen molar-refractivity contribution in [1.29, 1.82) is 0 Å². The first-order valence-corrected chi connectivity index (χ1v) is 11.2. The van der Waals surface area contributed by atoms with Gasteiger partial charge in [0.25, 0.3) is 0 Å². The number of ether oxygens (including phenoxy) is 2. The summed E-state index contributed by atoms with van der Waals surface area (Å²) < 4.78 is 10.0. The molecule has 3 fully saturated rings. The van der Waals surface area contributed by atoms with Crippen molar-refractivity contribution >= 4 is 17.7 Å². The number of rotatable bonds is 3. The van der Waals surface area contributed by atoms with E-state index >= 15 is 0 Å². The number of terminal acetylenes is 1. The lowest BCUT2D eigenvalue weighted by atomic mass is 9.47. The smallest absolute Gasteiger partial charge is 0.321 e. The van der Waals surface area contributed by atoms with Crippen LogP contribution in [0, 0.1) is 52.8 Å². The van der Waals surface area contributed by atoms with Crippen LogP contribution in [0.1, 0.15) is 58.3 Å². The van der Waals surface area contributed by atoms with Gasteiger partial charge in [0.2, 0.25) is 0 Å². The van der Waals surface area contributed by atoms with Crippen LogP contribution in [0.2, 0.25) is 0 Å². The zero-order valence-electron chi connectivity index (χ0n) is 18.2. The lowest BCUT2D eigenvalue weighted by Gasteiger charge is -2.56. The summed E-state index contributed by atoms with van der Waals surface area (Å²) in [6, 6.07) is 0. The van der Waals surface area contributed by atoms with E-state index in [1.165, 1.54) is 19.8 Å². The highest BCUT2D eigenvalue weighted by atomic mass is 16.5. The van der Waals surface area contributed by atoms with E-state index in [4.69, 9.17) is 15.9 Å². The molecule has 0 N–H and O–H groups in total. The minimum absolute atomic E-state index is 0.270. The van der Waals surface area contributed by atoms with Crippen LogP contribution < -0.4 is 0 Å². The first kappa shape index (κ1) is 21.2. The first-order valence-electron chi connectivity index (χ1n) is 11.2. The topological polar surface area (TPSA) is 69.7 Å². The highest BCUT2D eigenvalue weighted by Crippen LogP contribution is 2.69. The molecule has 5 unspecified atom stereocenters. The number of carbonyl (C=O) groups is 3. The van der Waals surface area contributed by atoms with Gasteiger partial charge in [0.15, 0.2) is 11.7 Å². The molecular formula is C25H32O5. The van der Waals surface area contributed by atoms with Crippen LogP contribution >= 0.6 is 0 Å². The molecule has 0 aromatic rings. The van der Waals surface area contributed by atoms with Crippen LogP contribution in [-0.4, -0.2) is 31.9 Å². The van der Waals surface area contributed by atoms with E-state index in [0.29, 0.717) is 36.5 Å². The van der Waals surface area contributed by atoms with E-state index < -0.39 is 23.3 Å². The van der Waals surface area contributed by atoms with Crippen molar-refractivity contribution in [3.63, 3.8) is 0 Å². The Morgan fingerprint density at radius 2 is 1.77 bits per heavy atom. The Hall–Kier alpha value is -2.09. The van der Waals surface area contributed by atoms with Gasteiger partial charge < -0.3 is 9.47 Å². The van der Waals surface area contributed by atoms with Gasteiger partial charge in [-0.1, -0.05) is 18.4 Å². The molecule has 4 aliphatic carbocycles. The predicted octanol–water partition coefficient (Wildman–Crippen LogP) is 3.71. The molecule has 0 aromatic heterocycles. The Balaban J connectivity index is 1.70. The number of ketones is 1. The zero-order valence-corrected chi connectivity index (χ0v) is 18.2. The molecule has 5 heteroatoms. The Morgan fingerprint density at radius 1 is 1.07 bits per heavy atom. The third-order valence-electron chi connectivity index (χ3n) is 9.18. The summed E-state index contributed by atoms with van der Waals surface area (Å²) in [6.45, 7) is 2.19. The number of methoxy groups -OCH3 is 2. The van der Waals surface area contributed by atoms with Crippen molar-refractivity contribution in [1.82, 2.24) is 0 Å². The Kier molecular flexibility index (Phi) is 5.33. The molecule has 4 rings (SSSR count). The molecule has 0 amide bonds. The molecule has 0 saturated heterocycles. The third kappa shape index (κ3) is 2.79. The second-order valence-electron chi connectivity index (χ2n) is 9.89. The number of hydrogen-bond donors (Lipinski definition) is 0. The highest BCUT2D eigenvalue weighted by Gasteiger charge is 2.67. The first-order chi connectivity index (χ1) is 14.3. The summed E-state index contributed by atoms with van der Waals surface area (Å²) >= 11 is 0. The van der Waals surface area contributed by atoms with Crippen molar-refractivity contribution in [2.24, 2.45) is 40.4 Å². The van der Waals surface area contributed by atoms with Gasteiger partial charge in [-0.05, 0) is 80.1 Å². The van der Waals surface area contributed by atoms with Crippen molar-refractivity contribution in [2.75, 3.05) is 14.2 Å². The number of allylic oxidation sites excluding steroid dienone is 1. The highest BCUT2D eigenvalue weighted by molar-refractivity contribution is 5.96. The second-order valence-corrected chi connectivity index (χ2v) is 9.89. The van der Waals surface area contributed by atoms with E-state index in [0.717, 1.165) is 38.5 Å². The van der Waals surface area contributed by atoms with Crippen LogP contribution in [0.25, 0.3) is 0 Å². The third-order valence-corrected chi connectivity index (χ3v) is 9.18. The second kappa shape index (κ2) is 7.55. The molecule has 0 bridgehead atoms. The molecule has 0 radical (unpaired) electrons. The minimum atomic E-state index is -1.09. The number of esters is 2. The SMILES string of the molecule is C#CC1(C(C(=O)OC)C(=O)OC)CCC2C3CCC4=CC(=O)CCC4C3CC[C@@]21C. The van der Waals surface area contributed by atoms with E-state index in [2.05, 4.69) is 12.8 Å². The van der Waals surface area contributed by atoms with Crippen LogP contribution in [0.15, 0.2) is 11.6 Å². The quantitative estimate of drug-likeness (QED) is 0.402. The molecule has 3 saturated carbocycles.